The van der Waals surface area contributed by atoms with Crippen LogP contribution in [0.15, 0.2) is 33.9 Å². The van der Waals surface area contributed by atoms with Gasteiger partial charge in [-0.05, 0) is 25.0 Å². The van der Waals surface area contributed by atoms with Gasteiger partial charge in [-0.15, -0.1) is 10.2 Å². The van der Waals surface area contributed by atoms with Crippen LogP contribution < -0.4 is 0 Å². The zero-order valence-electron chi connectivity index (χ0n) is 13.7. The molecule has 0 fully saturated rings. The Morgan fingerprint density at radius 1 is 1.25 bits per heavy atom. The molecule has 0 atom stereocenters. The number of halogens is 1. The van der Waals surface area contributed by atoms with Crippen LogP contribution in [-0.2, 0) is 12.3 Å². The molecule has 8 heteroatoms. The van der Waals surface area contributed by atoms with E-state index in [4.69, 9.17) is 4.52 Å². The van der Waals surface area contributed by atoms with Crippen LogP contribution in [-0.4, -0.2) is 24.9 Å². The number of hydrogen-bond donors (Lipinski definition) is 0. The summed E-state index contributed by atoms with van der Waals surface area (Å²) in [6, 6.07) is 6.60. The van der Waals surface area contributed by atoms with Crippen LogP contribution >= 0.6 is 11.8 Å². The first-order valence-electron chi connectivity index (χ1n) is 7.64. The topological polar surface area (TPSA) is 69.6 Å². The van der Waals surface area contributed by atoms with E-state index in [2.05, 4.69) is 34.2 Å². The predicted molar refractivity (Wildman–Crippen MR) is 88.9 cm³/mol. The molecule has 0 aliphatic heterocycles. The number of benzene rings is 1. The van der Waals surface area contributed by atoms with E-state index >= 15 is 0 Å². The number of aryl methyl sites for hydroxylation is 1. The molecule has 3 rings (SSSR count). The number of rotatable bonds is 6. The van der Waals surface area contributed by atoms with Crippen molar-refractivity contribution < 1.29 is 8.91 Å². The largest absolute Gasteiger partial charge is 0.338 e. The SMILES string of the molecule is Cc1noc(CSc2nnc(-c3ccccc3F)n2CC(C)C)n1. The average molecular weight is 347 g/mol. The van der Waals surface area contributed by atoms with E-state index in [0.29, 0.717) is 46.5 Å². The van der Waals surface area contributed by atoms with Gasteiger partial charge in [0.1, 0.15) is 5.82 Å². The van der Waals surface area contributed by atoms with Gasteiger partial charge in [0, 0.05) is 6.54 Å². The fraction of sp³-hybridized carbons (Fsp3) is 0.375. The minimum Gasteiger partial charge on any atom is -0.338 e. The molecular weight excluding hydrogens is 329 g/mol. The Labute approximate surface area is 143 Å². The van der Waals surface area contributed by atoms with Crippen LogP contribution in [0.1, 0.15) is 25.6 Å². The maximum atomic E-state index is 14.1. The highest BCUT2D eigenvalue weighted by Gasteiger charge is 2.18. The molecule has 0 radical (unpaired) electrons. The van der Waals surface area contributed by atoms with Crippen LogP contribution in [0.2, 0.25) is 0 Å². The smallest absolute Gasteiger partial charge is 0.237 e. The van der Waals surface area contributed by atoms with Crippen molar-refractivity contribution in [2.24, 2.45) is 5.92 Å². The molecule has 126 valence electrons. The minimum atomic E-state index is -0.306. The monoisotopic (exact) mass is 347 g/mol. The predicted octanol–water partition coefficient (Wildman–Crippen LogP) is 3.72. The Bertz CT molecular complexity index is 829. The van der Waals surface area contributed by atoms with Gasteiger partial charge in [0.05, 0.1) is 11.3 Å². The summed E-state index contributed by atoms with van der Waals surface area (Å²) in [7, 11) is 0. The van der Waals surface area contributed by atoms with Crippen molar-refractivity contribution in [2.45, 2.75) is 38.2 Å². The number of aromatic nitrogens is 5. The Morgan fingerprint density at radius 3 is 2.71 bits per heavy atom. The summed E-state index contributed by atoms with van der Waals surface area (Å²) in [5.74, 6) is 2.22. The van der Waals surface area contributed by atoms with Crippen LogP contribution in [0, 0.1) is 18.7 Å². The molecule has 0 spiro atoms. The highest BCUT2D eigenvalue weighted by atomic mass is 32.2. The standard InChI is InChI=1S/C16H18FN5OS/c1-10(2)8-22-15(12-6-4-5-7-13(12)17)19-20-16(22)24-9-14-18-11(3)21-23-14/h4-7,10H,8-9H2,1-3H3. The highest BCUT2D eigenvalue weighted by Crippen LogP contribution is 2.28. The van der Waals surface area contributed by atoms with Gasteiger partial charge in [0.2, 0.25) is 5.89 Å². The lowest BCUT2D eigenvalue weighted by atomic mass is 10.2. The average Bonchev–Trinajstić information content (AvgIpc) is 3.12. The number of hydrogen-bond acceptors (Lipinski definition) is 6. The van der Waals surface area contributed by atoms with Crippen molar-refractivity contribution in [3.05, 3.63) is 41.8 Å². The Hall–Kier alpha value is -2.22. The van der Waals surface area contributed by atoms with Gasteiger partial charge in [0.15, 0.2) is 16.8 Å². The normalized spacial score (nSPS) is 11.4. The van der Waals surface area contributed by atoms with E-state index in [1.807, 2.05) is 4.57 Å². The number of thioether (sulfide) groups is 1. The molecule has 0 bridgehead atoms. The fourth-order valence-electron chi connectivity index (χ4n) is 2.29. The van der Waals surface area contributed by atoms with Gasteiger partial charge in [-0.1, -0.05) is 42.9 Å². The first-order chi connectivity index (χ1) is 11.5. The summed E-state index contributed by atoms with van der Waals surface area (Å²) in [5.41, 5.74) is 0.450. The molecule has 0 amide bonds. The third-order valence-corrected chi connectivity index (χ3v) is 4.23. The molecule has 0 saturated heterocycles. The summed E-state index contributed by atoms with van der Waals surface area (Å²) in [6.07, 6.45) is 0. The van der Waals surface area contributed by atoms with Crippen LogP contribution in [0.4, 0.5) is 4.39 Å². The van der Waals surface area contributed by atoms with E-state index in [0.717, 1.165) is 0 Å². The molecule has 2 heterocycles. The molecule has 1 aromatic carbocycles. The lowest BCUT2D eigenvalue weighted by molar-refractivity contribution is 0.387. The van der Waals surface area contributed by atoms with Crippen LogP contribution in [0.25, 0.3) is 11.4 Å². The molecular formula is C16H18FN5OS. The first-order valence-corrected chi connectivity index (χ1v) is 8.63. The van der Waals surface area contributed by atoms with E-state index < -0.39 is 0 Å². The molecule has 6 nitrogen and oxygen atoms in total. The van der Waals surface area contributed by atoms with Crippen molar-refractivity contribution in [3.8, 4) is 11.4 Å². The molecule has 0 aliphatic rings. The first kappa shape index (κ1) is 16.6. The molecule has 3 aromatic rings. The molecule has 0 unspecified atom stereocenters. The Kier molecular flexibility index (Phi) is 4.94. The van der Waals surface area contributed by atoms with Crippen molar-refractivity contribution in [3.63, 3.8) is 0 Å². The van der Waals surface area contributed by atoms with Crippen molar-refractivity contribution in [2.75, 3.05) is 0 Å². The lowest BCUT2D eigenvalue weighted by Crippen LogP contribution is -2.08. The van der Waals surface area contributed by atoms with Gasteiger partial charge in [-0.2, -0.15) is 4.98 Å². The second-order valence-electron chi connectivity index (χ2n) is 5.81. The molecule has 0 N–H and O–H groups in total. The second kappa shape index (κ2) is 7.12. The highest BCUT2D eigenvalue weighted by molar-refractivity contribution is 7.98. The molecule has 0 saturated carbocycles. The summed E-state index contributed by atoms with van der Waals surface area (Å²) >= 11 is 1.45. The maximum Gasteiger partial charge on any atom is 0.237 e. The minimum absolute atomic E-state index is 0.306. The summed E-state index contributed by atoms with van der Waals surface area (Å²) in [4.78, 5) is 4.18. The summed E-state index contributed by atoms with van der Waals surface area (Å²) in [5, 5.41) is 12.9. The van der Waals surface area contributed by atoms with Gasteiger partial charge in [-0.3, -0.25) is 0 Å². The van der Waals surface area contributed by atoms with Crippen LogP contribution in [0.3, 0.4) is 0 Å². The van der Waals surface area contributed by atoms with E-state index in [9.17, 15) is 4.39 Å². The maximum absolute atomic E-state index is 14.1. The van der Waals surface area contributed by atoms with Crippen LogP contribution in [0.5, 0.6) is 0 Å². The third-order valence-electron chi connectivity index (χ3n) is 3.27. The summed E-state index contributed by atoms with van der Waals surface area (Å²) < 4.78 is 21.2. The summed E-state index contributed by atoms with van der Waals surface area (Å²) in [6.45, 7) is 6.67. The molecule has 0 aliphatic carbocycles. The number of nitrogens with zero attached hydrogens (tertiary/aromatic N) is 5. The van der Waals surface area contributed by atoms with Crippen molar-refractivity contribution >= 4 is 11.8 Å². The van der Waals surface area contributed by atoms with E-state index in [1.165, 1.54) is 17.8 Å². The third kappa shape index (κ3) is 3.64. The van der Waals surface area contributed by atoms with Crippen molar-refractivity contribution in [1.29, 1.82) is 0 Å². The zero-order valence-corrected chi connectivity index (χ0v) is 14.5. The van der Waals surface area contributed by atoms with Gasteiger partial charge < -0.3 is 9.09 Å². The Balaban J connectivity index is 1.90. The lowest BCUT2D eigenvalue weighted by Gasteiger charge is -2.12. The van der Waals surface area contributed by atoms with E-state index in [1.54, 1.807) is 25.1 Å². The zero-order chi connectivity index (χ0) is 17.1. The van der Waals surface area contributed by atoms with Gasteiger partial charge in [-0.25, -0.2) is 4.39 Å². The van der Waals surface area contributed by atoms with E-state index in [-0.39, 0.29) is 5.82 Å². The van der Waals surface area contributed by atoms with Gasteiger partial charge in [0.25, 0.3) is 0 Å². The molecule has 2 aromatic heterocycles. The quantitative estimate of drug-likeness (QED) is 0.633. The second-order valence-corrected chi connectivity index (χ2v) is 6.76. The Morgan fingerprint density at radius 2 is 2.04 bits per heavy atom. The molecule has 24 heavy (non-hydrogen) atoms. The van der Waals surface area contributed by atoms with Crippen molar-refractivity contribution in [1.82, 2.24) is 24.9 Å². The van der Waals surface area contributed by atoms with Gasteiger partial charge >= 0.3 is 0 Å². The fourth-order valence-corrected chi connectivity index (χ4v) is 3.08.